The first-order chi connectivity index (χ1) is 17.3. The molecule has 7 heteroatoms. The Balaban J connectivity index is 1.42. The van der Waals surface area contributed by atoms with E-state index in [1.807, 2.05) is 36.4 Å². The zero-order chi connectivity index (χ0) is 25.7. The van der Waals surface area contributed by atoms with Crippen LogP contribution in [0.1, 0.15) is 41.0 Å². The smallest absolute Gasteiger partial charge is 0.304 e. The number of carboxylic acids is 1. The van der Waals surface area contributed by atoms with Crippen LogP contribution in [0, 0.1) is 13.8 Å². The number of aryl methyl sites for hydroxylation is 2. The van der Waals surface area contributed by atoms with Gasteiger partial charge in [0.2, 0.25) is 5.88 Å². The van der Waals surface area contributed by atoms with Gasteiger partial charge in [0, 0.05) is 29.7 Å². The quantitative estimate of drug-likeness (QED) is 0.369. The summed E-state index contributed by atoms with van der Waals surface area (Å²) in [5, 5.41) is 9.09. The Bertz CT molecular complexity index is 1200. The SMILES string of the molecule is Cc1cc(OCCCN(C)C)cc(C)c1-c1cccc(OCc2ccc3c(c2)OCC3CC(=O)O)n1. The number of nitrogens with zero attached hydrogens (tertiary/aromatic N) is 2. The Morgan fingerprint density at radius 3 is 2.61 bits per heavy atom. The molecule has 1 aliphatic rings. The highest BCUT2D eigenvalue weighted by molar-refractivity contribution is 5.69. The molecule has 0 spiro atoms. The van der Waals surface area contributed by atoms with Gasteiger partial charge in [0.1, 0.15) is 18.1 Å². The molecule has 1 aliphatic heterocycles. The summed E-state index contributed by atoms with van der Waals surface area (Å²) in [7, 11) is 4.13. The summed E-state index contributed by atoms with van der Waals surface area (Å²) < 4.78 is 17.7. The number of hydrogen-bond donors (Lipinski definition) is 1. The first-order valence-electron chi connectivity index (χ1n) is 12.3. The highest BCUT2D eigenvalue weighted by Gasteiger charge is 2.26. The predicted molar refractivity (Wildman–Crippen MR) is 139 cm³/mol. The van der Waals surface area contributed by atoms with E-state index in [-0.39, 0.29) is 12.3 Å². The fourth-order valence-electron chi connectivity index (χ4n) is 4.56. The first kappa shape index (κ1) is 25.5. The van der Waals surface area contributed by atoms with Crippen molar-refractivity contribution in [3.63, 3.8) is 0 Å². The van der Waals surface area contributed by atoms with Gasteiger partial charge in [-0.3, -0.25) is 4.79 Å². The van der Waals surface area contributed by atoms with Crippen molar-refractivity contribution in [2.75, 3.05) is 33.9 Å². The molecule has 2 aromatic carbocycles. The number of hydrogen-bond acceptors (Lipinski definition) is 6. The van der Waals surface area contributed by atoms with Crippen LogP contribution < -0.4 is 14.2 Å². The van der Waals surface area contributed by atoms with Crippen molar-refractivity contribution in [2.45, 2.75) is 39.2 Å². The van der Waals surface area contributed by atoms with Crippen molar-refractivity contribution in [3.05, 3.63) is 70.8 Å². The molecule has 4 rings (SSSR count). The second-order valence-electron chi connectivity index (χ2n) is 9.57. The number of carboxylic acid groups (broad SMARTS) is 1. The number of benzene rings is 2. The maximum absolute atomic E-state index is 11.1. The summed E-state index contributed by atoms with van der Waals surface area (Å²) >= 11 is 0. The zero-order valence-corrected chi connectivity index (χ0v) is 21.4. The van der Waals surface area contributed by atoms with E-state index in [2.05, 4.69) is 45.0 Å². The van der Waals surface area contributed by atoms with Gasteiger partial charge in [0.25, 0.3) is 0 Å². The van der Waals surface area contributed by atoms with Crippen LogP contribution in [-0.4, -0.2) is 54.8 Å². The molecular formula is C29H34N2O5. The fraction of sp³-hybridized carbons (Fsp3) is 0.379. The number of pyridine rings is 1. The Morgan fingerprint density at radius 1 is 1.11 bits per heavy atom. The molecule has 0 amide bonds. The minimum Gasteiger partial charge on any atom is -0.494 e. The van der Waals surface area contributed by atoms with E-state index in [4.69, 9.17) is 24.3 Å². The van der Waals surface area contributed by atoms with E-state index in [9.17, 15) is 4.79 Å². The average Bonchev–Trinajstić information content (AvgIpc) is 3.21. The van der Waals surface area contributed by atoms with Crippen LogP contribution in [-0.2, 0) is 11.4 Å². The second-order valence-corrected chi connectivity index (χ2v) is 9.57. The van der Waals surface area contributed by atoms with Gasteiger partial charge in [0.15, 0.2) is 0 Å². The highest BCUT2D eigenvalue weighted by atomic mass is 16.5. The number of fused-ring (bicyclic) bond motifs is 1. The van der Waals surface area contributed by atoms with Gasteiger partial charge in [-0.2, -0.15) is 0 Å². The van der Waals surface area contributed by atoms with Gasteiger partial charge in [-0.25, -0.2) is 4.98 Å². The van der Waals surface area contributed by atoms with Gasteiger partial charge < -0.3 is 24.2 Å². The fourth-order valence-corrected chi connectivity index (χ4v) is 4.56. The number of aliphatic carboxylic acids is 1. The van der Waals surface area contributed by atoms with Gasteiger partial charge in [-0.15, -0.1) is 0 Å². The second kappa shape index (κ2) is 11.4. The van der Waals surface area contributed by atoms with Crippen molar-refractivity contribution < 1.29 is 24.1 Å². The third kappa shape index (κ3) is 6.34. The molecule has 1 N–H and O–H groups in total. The lowest BCUT2D eigenvalue weighted by atomic mass is 9.97. The summed E-state index contributed by atoms with van der Waals surface area (Å²) in [6.07, 6.45) is 1.05. The molecule has 1 atom stereocenters. The van der Waals surface area contributed by atoms with Crippen LogP contribution >= 0.6 is 0 Å². The molecule has 0 fully saturated rings. The standard InChI is InChI=1S/C29H34N2O5/c1-19-13-23(34-12-6-11-31(3)4)14-20(2)29(19)25-7-5-8-27(30-25)36-17-21-9-10-24-22(16-28(32)33)18-35-26(24)15-21/h5,7-10,13-15,22H,6,11-12,16-18H2,1-4H3,(H,32,33). The number of rotatable bonds is 11. The minimum absolute atomic E-state index is 0.0714. The molecular weight excluding hydrogens is 456 g/mol. The molecule has 1 aromatic heterocycles. The van der Waals surface area contributed by atoms with E-state index in [1.54, 1.807) is 0 Å². The van der Waals surface area contributed by atoms with Crippen LogP contribution in [0.5, 0.6) is 17.4 Å². The first-order valence-corrected chi connectivity index (χ1v) is 12.3. The van der Waals surface area contributed by atoms with E-state index in [0.29, 0.717) is 25.7 Å². The lowest BCUT2D eigenvalue weighted by Gasteiger charge is -2.15. The van der Waals surface area contributed by atoms with Crippen LogP contribution in [0.15, 0.2) is 48.5 Å². The molecule has 0 saturated carbocycles. The summed E-state index contributed by atoms with van der Waals surface area (Å²) in [4.78, 5) is 18.0. The van der Waals surface area contributed by atoms with E-state index in [0.717, 1.165) is 58.0 Å². The topological polar surface area (TPSA) is 81.1 Å². The molecule has 0 bridgehead atoms. The van der Waals surface area contributed by atoms with Crippen molar-refractivity contribution in [3.8, 4) is 28.6 Å². The number of ether oxygens (including phenoxy) is 3. The van der Waals surface area contributed by atoms with Crippen molar-refractivity contribution in [2.24, 2.45) is 0 Å². The van der Waals surface area contributed by atoms with Crippen LogP contribution in [0.3, 0.4) is 0 Å². The lowest BCUT2D eigenvalue weighted by Crippen LogP contribution is -2.15. The molecule has 2 heterocycles. The van der Waals surface area contributed by atoms with E-state index in [1.165, 1.54) is 0 Å². The highest BCUT2D eigenvalue weighted by Crippen LogP contribution is 2.37. The van der Waals surface area contributed by atoms with E-state index < -0.39 is 5.97 Å². The lowest BCUT2D eigenvalue weighted by molar-refractivity contribution is -0.137. The average molecular weight is 491 g/mol. The Hall–Kier alpha value is -3.58. The van der Waals surface area contributed by atoms with E-state index >= 15 is 0 Å². The maximum Gasteiger partial charge on any atom is 0.304 e. The largest absolute Gasteiger partial charge is 0.494 e. The Labute approximate surface area is 212 Å². The molecule has 0 radical (unpaired) electrons. The minimum atomic E-state index is -0.817. The number of carbonyl (C=O) groups is 1. The number of aromatic nitrogens is 1. The predicted octanol–water partition coefficient (Wildman–Crippen LogP) is 5.23. The van der Waals surface area contributed by atoms with Crippen LogP contribution in [0.4, 0.5) is 0 Å². The molecule has 36 heavy (non-hydrogen) atoms. The summed E-state index contributed by atoms with van der Waals surface area (Å²) in [5.41, 5.74) is 6.03. The molecule has 190 valence electrons. The molecule has 0 saturated heterocycles. The van der Waals surface area contributed by atoms with Crippen molar-refractivity contribution in [1.29, 1.82) is 0 Å². The molecule has 3 aromatic rings. The third-order valence-corrected chi connectivity index (χ3v) is 6.27. The van der Waals surface area contributed by atoms with Gasteiger partial charge in [-0.1, -0.05) is 18.2 Å². The maximum atomic E-state index is 11.1. The Morgan fingerprint density at radius 2 is 1.89 bits per heavy atom. The third-order valence-electron chi connectivity index (χ3n) is 6.27. The molecule has 1 unspecified atom stereocenters. The van der Waals surface area contributed by atoms with Gasteiger partial charge >= 0.3 is 5.97 Å². The van der Waals surface area contributed by atoms with Gasteiger partial charge in [0.05, 0.1) is 25.3 Å². The summed E-state index contributed by atoms with van der Waals surface area (Å²) in [5.74, 6) is 1.23. The Kier molecular flexibility index (Phi) is 8.10. The zero-order valence-electron chi connectivity index (χ0n) is 21.4. The summed E-state index contributed by atoms with van der Waals surface area (Å²) in [6, 6.07) is 15.7. The monoisotopic (exact) mass is 490 g/mol. The van der Waals surface area contributed by atoms with Crippen LogP contribution in [0.2, 0.25) is 0 Å². The normalized spacial score (nSPS) is 14.4. The summed E-state index contributed by atoms with van der Waals surface area (Å²) in [6.45, 7) is 6.57. The molecule has 0 aliphatic carbocycles. The van der Waals surface area contributed by atoms with Gasteiger partial charge in [-0.05, 0) is 75.3 Å². The van der Waals surface area contributed by atoms with Crippen molar-refractivity contribution >= 4 is 5.97 Å². The van der Waals surface area contributed by atoms with Crippen LogP contribution in [0.25, 0.3) is 11.3 Å². The molecule has 7 nitrogen and oxygen atoms in total. The van der Waals surface area contributed by atoms with Crippen molar-refractivity contribution in [1.82, 2.24) is 9.88 Å².